The van der Waals surface area contributed by atoms with Gasteiger partial charge in [0.15, 0.2) is 0 Å². The highest BCUT2D eigenvalue weighted by molar-refractivity contribution is 7.57. The Balaban J connectivity index is 2.44. The van der Waals surface area contributed by atoms with E-state index in [0.29, 0.717) is 31.4 Å². The second-order valence-corrected chi connectivity index (χ2v) is 16.3. The molecule has 1 fully saturated rings. The van der Waals surface area contributed by atoms with Crippen molar-refractivity contribution in [1.82, 2.24) is 25.9 Å². The molecule has 1 saturated heterocycles. The topological polar surface area (TPSA) is 198 Å². The van der Waals surface area contributed by atoms with Crippen LogP contribution in [0.2, 0.25) is 0 Å². The monoisotopic (exact) mass is 694 g/mol. The molecule has 0 radical (unpaired) electrons. The minimum absolute atomic E-state index is 0.0331. The van der Waals surface area contributed by atoms with E-state index < -0.39 is 67.3 Å². The molecule has 0 aliphatic carbocycles. The van der Waals surface area contributed by atoms with Crippen LogP contribution in [0.4, 0.5) is 4.79 Å². The van der Waals surface area contributed by atoms with Crippen molar-refractivity contribution in [2.45, 2.75) is 110 Å². The molecule has 0 spiro atoms. The zero-order chi connectivity index (χ0) is 36.2. The number of hydrogen-bond acceptors (Lipinski definition) is 8. The normalized spacial score (nSPS) is 18.9. The number of nitrogens with two attached hydrogens (primary N) is 1. The second-order valence-electron chi connectivity index (χ2n) is 13.7. The maximum absolute atomic E-state index is 15.0. The quantitative estimate of drug-likeness (QED) is 0.152. The van der Waals surface area contributed by atoms with Crippen LogP contribution >= 0.6 is 7.52 Å². The summed E-state index contributed by atoms with van der Waals surface area (Å²) in [5.41, 5.74) is 5.24. The number of alkyl carbamates (subject to hydrolysis) is 1. The minimum Gasteiger partial charge on any atom is -0.444 e. The molecule has 2 rings (SSSR count). The lowest BCUT2D eigenvalue weighted by Gasteiger charge is -2.37. The summed E-state index contributed by atoms with van der Waals surface area (Å²) in [5.74, 6) is -3.62. The van der Waals surface area contributed by atoms with E-state index in [9.17, 15) is 24.0 Å². The first-order chi connectivity index (χ1) is 22.4. The molecule has 5 amide bonds. The number of rotatable bonds is 17. The summed E-state index contributed by atoms with van der Waals surface area (Å²) in [4.78, 5) is 65.1. The number of benzene rings is 1. The summed E-state index contributed by atoms with van der Waals surface area (Å²) in [6.45, 7) is 13.4. The van der Waals surface area contributed by atoms with Gasteiger partial charge in [-0.2, -0.15) is 0 Å². The lowest BCUT2D eigenvalue weighted by molar-refractivity contribution is -0.132. The largest absolute Gasteiger partial charge is 0.444 e. The number of ether oxygens (including phenoxy) is 1. The summed E-state index contributed by atoms with van der Waals surface area (Å²) in [6, 6.07) is 5.80. The molecule has 1 heterocycles. The molecule has 6 atom stereocenters. The van der Waals surface area contributed by atoms with E-state index in [1.807, 2.05) is 33.8 Å². The molecule has 1 aliphatic heterocycles. The molecule has 1 aromatic rings. The zero-order valence-corrected chi connectivity index (χ0v) is 30.4. The smallest absolute Gasteiger partial charge is 0.408 e. The lowest BCUT2D eigenvalue weighted by atomic mass is 9.97. The van der Waals surface area contributed by atoms with Crippen molar-refractivity contribution in [3.05, 3.63) is 35.9 Å². The van der Waals surface area contributed by atoms with Gasteiger partial charge in [0.2, 0.25) is 23.6 Å². The van der Waals surface area contributed by atoms with Crippen LogP contribution in [0.25, 0.3) is 0 Å². The van der Waals surface area contributed by atoms with Gasteiger partial charge >= 0.3 is 6.09 Å². The van der Waals surface area contributed by atoms with Gasteiger partial charge in [-0.3, -0.25) is 23.7 Å². The zero-order valence-electron chi connectivity index (χ0n) is 29.5. The Labute approximate surface area is 284 Å². The maximum atomic E-state index is 15.0. The van der Waals surface area contributed by atoms with Crippen molar-refractivity contribution < 1.29 is 37.8 Å². The lowest BCUT2D eigenvalue weighted by Crippen LogP contribution is -2.56. The fourth-order valence-electron chi connectivity index (χ4n) is 5.34. The standard InChI is InChI=1S/C33H55N6O8P/c1-9-22(4)28(31(43)35-20-21(2)3)38-30(42)25-16-13-17-39(25)48(45,46-8)27(18-23-14-11-10-12-15-23)37-29(41)24(19-26(34)40)36-32(44)47-33(5,6)7/h10-12,14-15,21-22,24-25,27-28H,9,13,16-20H2,1-8H3,(H2,34,40)(H,35,43)(H,36,44)(H,37,41)(H,38,42)/t22?,24-,25-,27-,28-,48+/m0/s1. The van der Waals surface area contributed by atoms with E-state index >= 15 is 4.57 Å². The van der Waals surface area contributed by atoms with Gasteiger partial charge in [0.1, 0.15) is 23.5 Å². The van der Waals surface area contributed by atoms with E-state index in [-0.39, 0.29) is 30.7 Å². The van der Waals surface area contributed by atoms with Crippen molar-refractivity contribution in [2.24, 2.45) is 17.6 Å². The van der Waals surface area contributed by atoms with Crippen LogP contribution in [0, 0.1) is 11.8 Å². The molecule has 0 bridgehead atoms. The Morgan fingerprint density at radius 2 is 1.67 bits per heavy atom. The molecular weight excluding hydrogens is 639 g/mol. The van der Waals surface area contributed by atoms with E-state index in [4.69, 9.17) is 15.0 Å². The van der Waals surface area contributed by atoms with Gasteiger partial charge in [-0.05, 0) is 51.0 Å². The number of carbonyl (C=O) groups excluding carboxylic acids is 5. The van der Waals surface area contributed by atoms with Gasteiger partial charge < -0.3 is 36.3 Å². The molecule has 6 N–H and O–H groups in total. The average molecular weight is 695 g/mol. The highest BCUT2D eigenvalue weighted by Gasteiger charge is 2.49. The first kappa shape index (κ1) is 40.7. The van der Waals surface area contributed by atoms with Crippen LogP contribution in [-0.2, 0) is 39.4 Å². The third-order valence-corrected chi connectivity index (χ3v) is 10.8. The number of primary amides is 1. The number of nitrogens with one attached hydrogen (secondary N) is 4. The second kappa shape index (κ2) is 18.3. The van der Waals surface area contributed by atoms with Crippen LogP contribution < -0.4 is 27.0 Å². The van der Waals surface area contributed by atoms with E-state index in [0.717, 1.165) is 0 Å². The molecule has 1 unspecified atom stereocenters. The van der Waals surface area contributed by atoms with Crippen molar-refractivity contribution in [3.8, 4) is 0 Å². The Bertz CT molecular complexity index is 1300. The third kappa shape index (κ3) is 12.2. The van der Waals surface area contributed by atoms with Crippen molar-refractivity contribution >= 4 is 37.2 Å². The third-order valence-electron chi connectivity index (χ3n) is 8.01. The summed E-state index contributed by atoms with van der Waals surface area (Å²) < 4.78 is 27.5. The SMILES string of the molecule is CCC(C)[C@H](NC(=O)[C@@H]1CCCN1[P@](=O)(OC)[C@@H](Cc1ccccc1)NC(=O)[C@H](CC(N)=O)NC(=O)OC(C)(C)C)C(=O)NCC(C)C. The van der Waals surface area contributed by atoms with Crippen LogP contribution in [0.5, 0.6) is 0 Å². The average Bonchev–Trinajstić information content (AvgIpc) is 3.51. The maximum Gasteiger partial charge on any atom is 0.408 e. The summed E-state index contributed by atoms with van der Waals surface area (Å²) in [5, 5.41) is 10.9. The van der Waals surface area contributed by atoms with E-state index in [1.165, 1.54) is 11.8 Å². The molecule has 0 saturated carbocycles. The van der Waals surface area contributed by atoms with Gasteiger partial charge in [0.25, 0.3) is 7.52 Å². The van der Waals surface area contributed by atoms with Crippen molar-refractivity contribution in [1.29, 1.82) is 0 Å². The molecule has 1 aromatic carbocycles. The van der Waals surface area contributed by atoms with Gasteiger partial charge in [0, 0.05) is 26.6 Å². The van der Waals surface area contributed by atoms with Gasteiger partial charge in [-0.15, -0.1) is 0 Å². The Kier molecular flexibility index (Phi) is 15.5. The molecule has 0 aromatic heterocycles. The summed E-state index contributed by atoms with van der Waals surface area (Å²) in [7, 11) is -2.82. The van der Waals surface area contributed by atoms with Crippen LogP contribution in [0.3, 0.4) is 0 Å². The Morgan fingerprint density at radius 3 is 2.21 bits per heavy atom. The number of amides is 5. The molecule has 1 aliphatic rings. The van der Waals surface area contributed by atoms with E-state index in [2.05, 4.69) is 21.3 Å². The fraction of sp³-hybridized carbons (Fsp3) is 0.667. The van der Waals surface area contributed by atoms with Crippen molar-refractivity contribution in [2.75, 3.05) is 20.2 Å². The highest BCUT2D eigenvalue weighted by Crippen LogP contribution is 2.57. The van der Waals surface area contributed by atoms with Crippen LogP contribution in [0.1, 0.15) is 79.7 Å². The predicted octanol–water partition coefficient (Wildman–Crippen LogP) is 3.05. The van der Waals surface area contributed by atoms with Gasteiger partial charge in [-0.25, -0.2) is 9.46 Å². The minimum atomic E-state index is -4.07. The van der Waals surface area contributed by atoms with Gasteiger partial charge in [0.05, 0.1) is 12.5 Å². The van der Waals surface area contributed by atoms with Crippen molar-refractivity contribution in [3.63, 3.8) is 0 Å². The first-order valence-corrected chi connectivity index (χ1v) is 18.2. The fourth-order valence-corrected chi connectivity index (χ4v) is 7.92. The molecule has 15 heteroatoms. The molecule has 270 valence electrons. The van der Waals surface area contributed by atoms with Crippen LogP contribution in [0.15, 0.2) is 30.3 Å². The number of carbonyl (C=O) groups is 5. The summed E-state index contributed by atoms with van der Waals surface area (Å²) in [6.07, 6.45) is 0.0329. The summed E-state index contributed by atoms with van der Waals surface area (Å²) >= 11 is 0. The highest BCUT2D eigenvalue weighted by atomic mass is 31.2. The van der Waals surface area contributed by atoms with E-state index in [1.54, 1.807) is 45.0 Å². The predicted molar refractivity (Wildman–Crippen MR) is 183 cm³/mol. The molecular formula is C33H55N6O8P. The number of hydrogen-bond donors (Lipinski definition) is 5. The molecule has 14 nitrogen and oxygen atoms in total. The molecule has 48 heavy (non-hydrogen) atoms. The van der Waals surface area contributed by atoms with Gasteiger partial charge in [-0.1, -0.05) is 64.4 Å². The Hall–Kier alpha value is -3.48. The first-order valence-electron chi connectivity index (χ1n) is 16.5. The number of nitrogens with zero attached hydrogens (tertiary/aromatic N) is 1. The Morgan fingerprint density at radius 1 is 1.02 bits per heavy atom. The van der Waals surface area contributed by atoms with Crippen LogP contribution in [-0.4, -0.2) is 84.1 Å².